The summed E-state index contributed by atoms with van der Waals surface area (Å²) in [5.74, 6) is 0.286. The second-order valence-electron chi connectivity index (χ2n) is 4.44. The smallest absolute Gasteiger partial charge is 0.189 e. The lowest BCUT2D eigenvalue weighted by atomic mass is 10.00. The molecule has 1 aromatic heterocycles. The molecule has 2 aromatic carbocycles. The molecule has 3 rings (SSSR count). The van der Waals surface area contributed by atoms with Crippen molar-refractivity contribution < 1.29 is 5.11 Å². The predicted octanol–water partition coefficient (Wildman–Crippen LogP) is 5.13. The van der Waals surface area contributed by atoms with Crippen LogP contribution in [0.4, 0.5) is 5.69 Å². The Morgan fingerprint density at radius 2 is 2.00 bits per heavy atom. The lowest BCUT2D eigenvalue weighted by Crippen LogP contribution is -1.81. The van der Waals surface area contributed by atoms with Gasteiger partial charge in [-0.3, -0.25) is 0 Å². The van der Waals surface area contributed by atoms with Gasteiger partial charge in [0.25, 0.3) is 0 Å². The van der Waals surface area contributed by atoms with E-state index in [0.717, 1.165) is 26.8 Å². The fourth-order valence-electron chi connectivity index (χ4n) is 2.14. The fourth-order valence-corrected chi connectivity index (χ4v) is 2.98. The Bertz CT molecular complexity index is 811. The minimum atomic E-state index is 0.286. The van der Waals surface area contributed by atoms with Gasteiger partial charge < -0.3 is 5.11 Å². The number of aryl methyl sites for hydroxylation is 1. The van der Waals surface area contributed by atoms with Crippen LogP contribution in [-0.2, 0) is 0 Å². The predicted molar refractivity (Wildman–Crippen MR) is 79.9 cm³/mol. The van der Waals surface area contributed by atoms with Gasteiger partial charge in [0.2, 0.25) is 0 Å². The van der Waals surface area contributed by atoms with E-state index in [1.54, 1.807) is 17.4 Å². The number of nitrogens with zero attached hydrogens (tertiary/aromatic N) is 1. The average Bonchev–Trinajstić information content (AvgIpc) is 2.89. The van der Waals surface area contributed by atoms with Gasteiger partial charge in [0.05, 0.1) is 6.57 Å². The first-order valence-corrected chi connectivity index (χ1v) is 6.76. The van der Waals surface area contributed by atoms with Gasteiger partial charge >= 0.3 is 0 Å². The molecule has 0 atom stereocenters. The molecule has 0 unspecified atom stereocenters. The maximum Gasteiger partial charge on any atom is 0.189 e. The fraction of sp³-hybridized carbons (Fsp3) is 0.0625. The van der Waals surface area contributed by atoms with Crippen LogP contribution in [-0.4, -0.2) is 5.11 Å². The molecule has 3 heteroatoms. The number of hydrogen-bond donors (Lipinski definition) is 1. The maximum absolute atomic E-state index is 9.85. The average molecular weight is 265 g/mol. The summed E-state index contributed by atoms with van der Waals surface area (Å²) < 4.78 is 1.10. The van der Waals surface area contributed by atoms with Gasteiger partial charge in [-0.25, -0.2) is 4.85 Å². The molecule has 19 heavy (non-hydrogen) atoms. The summed E-state index contributed by atoms with van der Waals surface area (Å²) in [5, 5.41) is 13.0. The first-order chi connectivity index (χ1) is 9.19. The van der Waals surface area contributed by atoms with Crippen molar-refractivity contribution in [1.29, 1.82) is 0 Å². The third kappa shape index (κ3) is 1.96. The van der Waals surface area contributed by atoms with Crippen LogP contribution in [0.1, 0.15) is 5.56 Å². The van der Waals surface area contributed by atoms with E-state index in [1.165, 1.54) is 0 Å². The van der Waals surface area contributed by atoms with Crippen LogP contribution in [0.3, 0.4) is 0 Å². The molecule has 1 N–H and O–H groups in total. The maximum atomic E-state index is 9.85. The Kier molecular flexibility index (Phi) is 2.73. The van der Waals surface area contributed by atoms with Crippen LogP contribution in [0.2, 0.25) is 0 Å². The zero-order valence-electron chi connectivity index (χ0n) is 10.3. The Hall–Kier alpha value is -2.31. The summed E-state index contributed by atoms with van der Waals surface area (Å²) in [4.78, 5) is 3.52. The van der Waals surface area contributed by atoms with Gasteiger partial charge in [0.1, 0.15) is 5.75 Å². The molecule has 3 aromatic rings. The highest BCUT2D eigenvalue weighted by atomic mass is 32.1. The van der Waals surface area contributed by atoms with E-state index in [9.17, 15) is 5.11 Å². The van der Waals surface area contributed by atoms with Gasteiger partial charge in [0.15, 0.2) is 5.69 Å². The number of phenolic OH excluding ortho intramolecular Hbond substituents is 1. The number of thiophene rings is 1. The van der Waals surface area contributed by atoms with E-state index >= 15 is 0 Å². The number of aromatic hydroxyl groups is 1. The topological polar surface area (TPSA) is 24.6 Å². The summed E-state index contributed by atoms with van der Waals surface area (Å²) in [6.45, 7) is 9.06. The highest BCUT2D eigenvalue weighted by molar-refractivity contribution is 7.17. The van der Waals surface area contributed by atoms with Gasteiger partial charge in [-0.15, -0.1) is 11.3 Å². The standard InChI is InChI=1S/C16H11NOS/c1-10-3-4-11(7-15(10)18)14-8-12(17-2)9-16-13(14)5-6-19-16/h3-9,18H,1H3. The zero-order valence-corrected chi connectivity index (χ0v) is 11.2. The van der Waals surface area contributed by atoms with Crippen molar-refractivity contribution in [3.63, 3.8) is 0 Å². The van der Waals surface area contributed by atoms with Crippen LogP contribution >= 0.6 is 11.3 Å². The van der Waals surface area contributed by atoms with Gasteiger partial charge in [-0.1, -0.05) is 12.1 Å². The normalized spacial score (nSPS) is 10.5. The van der Waals surface area contributed by atoms with E-state index < -0.39 is 0 Å². The van der Waals surface area contributed by atoms with Crippen molar-refractivity contribution in [2.45, 2.75) is 6.92 Å². The highest BCUT2D eigenvalue weighted by Gasteiger charge is 2.09. The Balaban J connectivity index is 2.31. The quantitative estimate of drug-likeness (QED) is 0.606. The van der Waals surface area contributed by atoms with E-state index in [-0.39, 0.29) is 5.75 Å². The lowest BCUT2D eigenvalue weighted by Gasteiger charge is -2.07. The summed E-state index contributed by atoms with van der Waals surface area (Å²) in [7, 11) is 0. The SMILES string of the molecule is [C-]#[N+]c1cc(-c2ccc(C)c(O)c2)c2ccsc2c1. The molecule has 0 fully saturated rings. The largest absolute Gasteiger partial charge is 0.508 e. The summed E-state index contributed by atoms with van der Waals surface area (Å²) in [6, 6.07) is 11.5. The third-order valence-electron chi connectivity index (χ3n) is 3.21. The van der Waals surface area contributed by atoms with Gasteiger partial charge in [-0.05, 0) is 58.6 Å². The zero-order chi connectivity index (χ0) is 13.4. The lowest BCUT2D eigenvalue weighted by molar-refractivity contribution is 0.471. The summed E-state index contributed by atoms with van der Waals surface area (Å²) in [5.41, 5.74) is 3.42. The second kappa shape index (κ2) is 4.42. The molecule has 0 saturated carbocycles. The molecule has 0 aliphatic heterocycles. The van der Waals surface area contributed by atoms with Gasteiger partial charge in [0, 0.05) is 4.70 Å². The summed E-state index contributed by atoms with van der Waals surface area (Å²) >= 11 is 1.63. The molecule has 0 spiro atoms. The molecular formula is C16H11NOS. The molecule has 0 radical (unpaired) electrons. The van der Waals surface area contributed by atoms with Crippen LogP contribution < -0.4 is 0 Å². The van der Waals surface area contributed by atoms with Crippen LogP contribution in [0.25, 0.3) is 26.1 Å². The van der Waals surface area contributed by atoms with Crippen molar-refractivity contribution in [3.8, 4) is 16.9 Å². The molecule has 0 amide bonds. The van der Waals surface area contributed by atoms with Crippen LogP contribution in [0.15, 0.2) is 41.8 Å². The minimum absolute atomic E-state index is 0.286. The highest BCUT2D eigenvalue weighted by Crippen LogP contribution is 2.37. The number of benzene rings is 2. The van der Waals surface area contributed by atoms with E-state index in [1.807, 2.05) is 36.6 Å². The molecule has 0 aliphatic carbocycles. The molecule has 0 bridgehead atoms. The first kappa shape index (κ1) is 11.8. The molecule has 0 saturated heterocycles. The van der Waals surface area contributed by atoms with E-state index in [0.29, 0.717) is 5.69 Å². The number of rotatable bonds is 1. The monoisotopic (exact) mass is 265 g/mol. The minimum Gasteiger partial charge on any atom is -0.508 e. The molecule has 1 heterocycles. The van der Waals surface area contributed by atoms with E-state index in [4.69, 9.17) is 6.57 Å². The number of hydrogen-bond acceptors (Lipinski definition) is 2. The van der Waals surface area contributed by atoms with Crippen molar-refractivity contribution in [3.05, 3.63) is 58.8 Å². The Morgan fingerprint density at radius 1 is 1.16 bits per heavy atom. The first-order valence-electron chi connectivity index (χ1n) is 5.88. The number of phenols is 1. The Labute approximate surface area is 115 Å². The third-order valence-corrected chi connectivity index (χ3v) is 4.07. The molecular weight excluding hydrogens is 254 g/mol. The van der Waals surface area contributed by atoms with Crippen molar-refractivity contribution >= 4 is 27.1 Å². The summed E-state index contributed by atoms with van der Waals surface area (Å²) in [6.07, 6.45) is 0. The van der Waals surface area contributed by atoms with E-state index in [2.05, 4.69) is 10.9 Å². The van der Waals surface area contributed by atoms with Crippen molar-refractivity contribution in [2.75, 3.05) is 0 Å². The molecule has 0 aliphatic rings. The number of fused-ring (bicyclic) bond motifs is 1. The van der Waals surface area contributed by atoms with Gasteiger partial charge in [-0.2, -0.15) is 0 Å². The Morgan fingerprint density at radius 3 is 2.74 bits per heavy atom. The van der Waals surface area contributed by atoms with Crippen LogP contribution in [0.5, 0.6) is 5.75 Å². The van der Waals surface area contributed by atoms with Crippen molar-refractivity contribution in [1.82, 2.24) is 0 Å². The van der Waals surface area contributed by atoms with Crippen molar-refractivity contribution in [2.24, 2.45) is 0 Å². The second-order valence-corrected chi connectivity index (χ2v) is 5.39. The molecule has 2 nitrogen and oxygen atoms in total. The molecule has 92 valence electrons. The van der Waals surface area contributed by atoms with Crippen LogP contribution in [0, 0.1) is 13.5 Å².